The molecule has 0 spiro atoms. The molecular weight excluding hydrogens is 322 g/mol. The third-order valence-electron chi connectivity index (χ3n) is 3.83. The maximum atomic E-state index is 12.2. The van der Waals surface area contributed by atoms with Crippen LogP contribution in [0.2, 0.25) is 0 Å². The Bertz CT molecular complexity index is 700. The van der Waals surface area contributed by atoms with E-state index in [-0.39, 0.29) is 13.0 Å². The highest BCUT2D eigenvalue weighted by molar-refractivity contribution is 5.80. The number of hydrogen-bond donors (Lipinski definition) is 1. The van der Waals surface area contributed by atoms with Crippen molar-refractivity contribution in [2.45, 2.75) is 19.1 Å². The first-order valence-corrected chi connectivity index (χ1v) is 7.80. The highest BCUT2D eigenvalue weighted by atomic mass is 16.6. The molecule has 2 rings (SSSR count). The topological polar surface area (TPSA) is 76.1 Å². The lowest BCUT2D eigenvalue weighted by Gasteiger charge is -2.24. The van der Waals surface area contributed by atoms with E-state index < -0.39 is 18.1 Å². The van der Waals surface area contributed by atoms with E-state index in [2.05, 4.69) is 0 Å². The van der Waals surface area contributed by atoms with Gasteiger partial charge in [0.1, 0.15) is 18.4 Å². The Morgan fingerprint density at radius 2 is 1.68 bits per heavy atom. The fraction of sp³-hybridized carbons (Fsp3) is 0.263. The van der Waals surface area contributed by atoms with E-state index >= 15 is 0 Å². The largest absolute Gasteiger partial charge is 0.497 e. The van der Waals surface area contributed by atoms with E-state index in [1.165, 1.54) is 7.05 Å². The van der Waals surface area contributed by atoms with Gasteiger partial charge in [-0.15, -0.1) is 0 Å². The van der Waals surface area contributed by atoms with Gasteiger partial charge in [0.25, 0.3) is 0 Å². The van der Waals surface area contributed by atoms with Crippen LogP contribution >= 0.6 is 0 Å². The van der Waals surface area contributed by atoms with Gasteiger partial charge in [-0.2, -0.15) is 0 Å². The third-order valence-corrected chi connectivity index (χ3v) is 3.83. The van der Waals surface area contributed by atoms with Crippen molar-refractivity contribution in [2.24, 2.45) is 0 Å². The number of methoxy groups -OCH3 is 1. The summed E-state index contributed by atoms with van der Waals surface area (Å²) in [5.41, 5.74) is 1.63. The Balaban J connectivity index is 1.96. The molecule has 2 aromatic rings. The summed E-state index contributed by atoms with van der Waals surface area (Å²) in [5.74, 6) is -0.367. The lowest BCUT2D eigenvalue weighted by atomic mass is 10.1. The number of carboxylic acids is 1. The minimum Gasteiger partial charge on any atom is -0.497 e. The van der Waals surface area contributed by atoms with Crippen LogP contribution in [0.5, 0.6) is 5.75 Å². The number of amides is 1. The van der Waals surface area contributed by atoms with E-state index in [1.54, 1.807) is 31.4 Å². The molecule has 0 fully saturated rings. The number of carbonyl (C=O) groups excluding carboxylic acids is 1. The Labute approximate surface area is 146 Å². The minimum absolute atomic E-state index is 0.0604. The second kappa shape index (κ2) is 8.73. The van der Waals surface area contributed by atoms with Gasteiger partial charge in [0.2, 0.25) is 0 Å². The summed E-state index contributed by atoms with van der Waals surface area (Å²) in [6, 6.07) is 15.3. The summed E-state index contributed by atoms with van der Waals surface area (Å²) >= 11 is 0. The lowest BCUT2D eigenvalue weighted by Crippen LogP contribution is -2.44. The molecule has 0 aliphatic carbocycles. The van der Waals surface area contributed by atoms with E-state index in [0.717, 1.165) is 16.0 Å². The van der Waals surface area contributed by atoms with Gasteiger partial charge in [-0.05, 0) is 23.3 Å². The van der Waals surface area contributed by atoms with E-state index in [1.807, 2.05) is 30.3 Å². The number of carboxylic acid groups (broad SMARTS) is 1. The van der Waals surface area contributed by atoms with Crippen LogP contribution in [0.4, 0.5) is 4.79 Å². The summed E-state index contributed by atoms with van der Waals surface area (Å²) in [5, 5.41) is 9.43. The molecule has 2 aromatic carbocycles. The number of likely N-dealkylation sites (N-methyl/N-ethyl adjacent to an activating group) is 1. The number of benzene rings is 2. The molecule has 25 heavy (non-hydrogen) atoms. The van der Waals surface area contributed by atoms with Crippen molar-refractivity contribution in [3.05, 3.63) is 65.7 Å². The summed E-state index contributed by atoms with van der Waals surface area (Å²) in [6.07, 6.45) is -0.469. The fourth-order valence-electron chi connectivity index (χ4n) is 2.32. The molecule has 1 N–H and O–H groups in total. The summed E-state index contributed by atoms with van der Waals surface area (Å²) < 4.78 is 10.3. The van der Waals surface area contributed by atoms with Gasteiger partial charge in [0.05, 0.1) is 7.11 Å². The molecule has 1 atom stereocenters. The maximum absolute atomic E-state index is 12.2. The molecular formula is C19H21NO5. The summed E-state index contributed by atoms with van der Waals surface area (Å²) in [4.78, 5) is 24.8. The first-order chi connectivity index (χ1) is 12.0. The number of carbonyl (C=O) groups is 2. The third kappa shape index (κ3) is 5.24. The second-order valence-corrected chi connectivity index (χ2v) is 5.56. The SMILES string of the molecule is COc1ccc(COC(=O)N(C)[C@@H](Cc2ccccc2)C(=O)O)cc1. The molecule has 0 saturated carbocycles. The lowest BCUT2D eigenvalue weighted by molar-refractivity contribution is -0.142. The van der Waals surface area contributed by atoms with Gasteiger partial charge in [0.15, 0.2) is 0 Å². The number of aliphatic carboxylic acids is 1. The van der Waals surface area contributed by atoms with Crippen LogP contribution in [0.3, 0.4) is 0 Å². The number of hydrogen-bond acceptors (Lipinski definition) is 4. The van der Waals surface area contributed by atoms with E-state index in [4.69, 9.17) is 9.47 Å². The van der Waals surface area contributed by atoms with Crippen LogP contribution in [0, 0.1) is 0 Å². The Hall–Kier alpha value is -3.02. The molecule has 0 radical (unpaired) electrons. The first kappa shape index (κ1) is 18.3. The highest BCUT2D eigenvalue weighted by Crippen LogP contribution is 2.14. The smallest absolute Gasteiger partial charge is 0.410 e. The van der Waals surface area contributed by atoms with Crippen molar-refractivity contribution < 1.29 is 24.2 Å². The number of ether oxygens (including phenoxy) is 2. The van der Waals surface area contributed by atoms with Gasteiger partial charge in [-0.1, -0.05) is 42.5 Å². The fourth-order valence-corrected chi connectivity index (χ4v) is 2.32. The average molecular weight is 343 g/mol. The molecule has 6 heteroatoms. The minimum atomic E-state index is -1.08. The van der Waals surface area contributed by atoms with Gasteiger partial charge < -0.3 is 14.6 Å². The van der Waals surface area contributed by atoms with Crippen LogP contribution < -0.4 is 4.74 Å². The average Bonchev–Trinajstić information content (AvgIpc) is 2.64. The van der Waals surface area contributed by atoms with Crippen LogP contribution in [-0.2, 0) is 22.6 Å². The molecule has 0 aliphatic rings. The number of rotatable bonds is 7. The van der Waals surface area contributed by atoms with Crippen LogP contribution in [0.25, 0.3) is 0 Å². The first-order valence-electron chi connectivity index (χ1n) is 7.80. The van der Waals surface area contributed by atoms with Crippen molar-refractivity contribution in [3.8, 4) is 5.75 Å². The molecule has 1 amide bonds. The van der Waals surface area contributed by atoms with Gasteiger partial charge >= 0.3 is 12.1 Å². The molecule has 0 heterocycles. The maximum Gasteiger partial charge on any atom is 0.410 e. The molecule has 132 valence electrons. The molecule has 0 saturated heterocycles. The summed E-state index contributed by atoms with van der Waals surface area (Å²) in [6.45, 7) is 0.0604. The Morgan fingerprint density at radius 3 is 2.24 bits per heavy atom. The van der Waals surface area contributed by atoms with Gasteiger partial charge in [-0.25, -0.2) is 9.59 Å². The molecule has 0 bridgehead atoms. The molecule has 0 aromatic heterocycles. The normalized spacial score (nSPS) is 11.4. The van der Waals surface area contributed by atoms with E-state index in [0.29, 0.717) is 5.75 Å². The zero-order valence-corrected chi connectivity index (χ0v) is 14.2. The monoisotopic (exact) mass is 343 g/mol. The van der Waals surface area contributed by atoms with Crippen molar-refractivity contribution in [1.29, 1.82) is 0 Å². The van der Waals surface area contributed by atoms with Crippen LogP contribution in [-0.4, -0.2) is 42.3 Å². The predicted molar refractivity (Wildman–Crippen MR) is 92.5 cm³/mol. The van der Waals surface area contributed by atoms with E-state index in [9.17, 15) is 14.7 Å². The summed E-state index contributed by atoms with van der Waals surface area (Å²) in [7, 11) is 3.00. The zero-order chi connectivity index (χ0) is 18.2. The van der Waals surface area contributed by atoms with Crippen molar-refractivity contribution in [3.63, 3.8) is 0 Å². The molecule has 6 nitrogen and oxygen atoms in total. The van der Waals surface area contributed by atoms with Crippen molar-refractivity contribution in [1.82, 2.24) is 4.90 Å². The number of nitrogens with zero attached hydrogens (tertiary/aromatic N) is 1. The standard InChI is InChI=1S/C19H21NO5/c1-20(17(18(21)22)12-14-6-4-3-5-7-14)19(23)25-13-15-8-10-16(24-2)11-9-15/h3-11,17H,12-13H2,1-2H3,(H,21,22)/t17-/m0/s1. The quantitative estimate of drug-likeness (QED) is 0.836. The van der Waals surface area contributed by atoms with Gasteiger partial charge in [-0.3, -0.25) is 4.90 Å². The highest BCUT2D eigenvalue weighted by Gasteiger charge is 2.27. The van der Waals surface area contributed by atoms with Crippen LogP contribution in [0.15, 0.2) is 54.6 Å². The van der Waals surface area contributed by atoms with Gasteiger partial charge in [0, 0.05) is 13.5 Å². The molecule has 0 aliphatic heterocycles. The predicted octanol–water partition coefficient (Wildman–Crippen LogP) is 2.96. The Kier molecular flexibility index (Phi) is 6.39. The second-order valence-electron chi connectivity index (χ2n) is 5.56. The Morgan fingerprint density at radius 1 is 1.04 bits per heavy atom. The van der Waals surface area contributed by atoms with Crippen molar-refractivity contribution in [2.75, 3.05) is 14.2 Å². The molecule has 0 unspecified atom stereocenters. The van der Waals surface area contributed by atoms with Crippen LogP contribution in [0.1, 0.15) is 11.1 Å². The van der Waals surface area contributed by atoms with Crippen molar-refractivity contribution >= 4 is 12.1 Å². The zero-order valence-electron chi connectivity index (χ0n) is 14.2.